The first-order chi connectivity index (χ1) is 10.3. The molecule has 22 heavy (non-hydrogen) atoms. The lowest BCUT2D eigenvalue weighted by atomic mass is 10.1. The van der Waals surface area contributed by atoms with Crippen LogP contribution in [0.25, 0.3) is 0 Å². The number of hydrogen-bond donors (Lipinski definition) is 1. The zero-order valence-electron chi connectivity index (χ0n) is 12.6. The molecule has 0 amide bonds. The molecule has 2 rings (SSSR count). The highest BCUT2D eigenvalue weighted by Gasteiger charge is 2.20. The van der Waals surface area contributed by atoms with Crippen LogP contribution < -0.4 is 9.46 Å². The molecule has 0 unspecified atom stereocenters. The molecule has 0 radical (unpaired) electrons. The van der Waals surface area contributed by atoms with Crippen molar-refractivity contribution < 1.29 is 17.9 Å². The molecule has 0 aromatic heterocycles. The van der Waals surface area contributed by atoms with E-state index in [1.165, 1.54) is 26.2 Å². The number of aryl methyl sites for hydroxylation is 1. The van der Waals surface area contributed by atoms with Gasteiger partial charge in [0.05, 0.1) is 12.0 Å². The largest absolute Gasteiger partial charge is 0.495 e. The predicted molar refractivity (Wildman–Crippen MR) is 85.0 cm³/mol. The Kier molecular flexibility index (Phi) is 4.51. The number of anilines is 1. The maximum absolute atomic E-state index is 12.5. The van der Waals surface area contributed by atoms with Crippen molar-refractivity contribution in [1.29, 1.82) is 0 Å². The normalized spacial score (nSPS) is 11.0. The summed E-state index contributed by atoms with van der Waals surface area (Å²) in [6.07, 6.45) is 0. The van der Waals surface area contributed by atoms with Crippen molar-refractivity contribution in [3.63, 3.8) is 0 Å². The van der Waals surface area contributed by atoms with Gasteiger partial charge in [0.2, 0.25) is 0 Å². The van der Waals surface area contributed by atoms with Gasteiger partial charge in [-0.25, -0.2) is 8.42 Å². The van der Waals surface area contributed by atoms with E-state index in [9.17, 15) is 13.2 Å². The van der Waals surface area contributed by atoms with E-state index in [0.29, 0.717) is 5.75 Å². The Bertz CT molecular complexity index is 795. The van der Waals surface area contributed by atoms with Crippen LogP contribution in [0, 0.1) is 6.92 Å². The molecule has 6 heteroatoms. The number of nitrogens with one attached hydrogen (secondary N) is 1. The molecule has 0 heterocycles. The number of sulfonamides is 1. The number of para-hydroxylation sites is 1. The number of carbonyl (C=O) groups excluding carboxylic acids is 1. The molecule has 116 valence electrons. The van der Waals surface area contributed by atoms with Gasteiger partial charge in [0.15, 0.2) is 5.78 Å². The van der Waals surface area contributed by atoms with Crippen molar-refractivity contribution in [2.45, 2.75) is 18.7 Å². The SMILES string of the molecule is COc1cccc(C(C)=O)c1NS(=O)(=O)c1ccc(C)cc1. The van der Waals surface area contributed by atoms with E-state index >= 15 is 0 Å². The Labute approximate surface area is 130 Å². The molecule has 1 N–H and O–H groups in total. The lowest BCUT2D eigenvalue weighted by Crippen LogP contribution is -2.16. The third-order valence-electron chi connectivity index (χ3n) is 3.19. The van der Waals surface area contributed by atoms with Crippen LogP contribution in [0.15, 0.2) is 47.4 Å². The molecule has 0 fully saturated rings. The van der Waals surface area contributed by atoms with Crippen molar-refractivity contribution in [1.82, 2.24) is 0 Å². The van der Waals surface area contributed by atoms with Crippen molar-refractivity contribution in [3.05, 3.63) is 53.6 Å². The van der Waals surface area contributed by atoms with Gasteiger partial charge >= 0.3 is 0 Å². The first-order valence-corrected chi connectivity index (χ1v) is 8.11. The third kappa shape index (κ3) is 3.28. The molecule has 0 saturated carbocycles. The van der Waals surface area contributed by atoms with Crippen LogP contribution in [0.4, 0.5) is 5.69 Å². The molecular formula is C16H17NO4S. The summed E-state index contributed by atoms with van der Waals surface area (Å²) in [5, 5.41) is 0. The second-order valence-electron chi connectivity index (χ2n) is 4.86. The second kappa shape index (κ2) is 6.19. The fourth-order valence-corrected chi connectivity index (χ4v) is 3.10. The summed E-state index contributed by atoms with van der Waals surface area (Å²) in [7, 11) is -2.38. The molecule has 2 aromatic rings. The summed E-state index contributed by atoms with van der Waals surface area (Å²) < 4.78 is 32.6. The minimum Gasteiger partial charge on any atom is -0.495 e. The van der Waals surface area contributed by atoms with Gasteiger partial charge in [-0.1, -0.05) is 23.8 Å². The van der Waals surface area contributed by atoms with Crippen LogP contribution in [0.5, 0.6) is 5.75 Å². The molecule has 2 aromatic carbocycles. The molecule has 0 atom stereocenters. The molecule has 0 aliphatic heterocycles. The van der Waals surface area contributed by atoms with E-state index in [1.54, 1.807) is 30.3 Å². The summed E-state index contributed by atoms with van der Waals surface area (Å²) in [4.78, 5) is 11.8. The van der Waals surface area contributed by atoms with Crippen LogP contribution in [0.3, 0.4) is 0 Å². The zero-order valence-corrected chi connectivity index (χ0v) is 13.4. The fourth-order valence-electron chi connectivity index (χ4n) is 2.01. The van der Waals surface area contributed by atoms with Gasteiger partial charge in [0.25, 0.3) is 10.0 Å². The highest BCUT2D eigenvalue weighted by atomic mass is 32.2. The van der Waals surface area contributed by atoms with E-state index in [-0.39, 0.29) is 21.9 Å². The lowest BCUT2D eigenvalue weighted by Gasteiger charge is -2.14. The summed E-state index contributed by atoms with van der Waals surface area (Å²) in [5.74, 6) is 0.0453. The number of Topliss-reactive ketones (excluding diaryl/α,β-unsaturated/α-hetero) is 1. The number of rotatable bonds is 5. The maximum Gasteiger partial charge on any atom is 0.262 e. The Morgan fingerprint density at radius 1 is 1.09 bits per heavy atom. The van der Waals surface area contributed by atoms with Crippen LogP contribution in [-0.4, -0.2) is 21.3 Å². The average Bonchev–Trinajstić information content (AvgIpc) is 2.47. The minimum absolute atomic E-state index is 0.124. The molecule has 5 nitrogen and oxygen atoms in total. The molecule has 0 spiro atoms. The smallest absolute Gasteiger partial charge is 0.262 e. The summed E-state index contributed by atoms with van der Waals surface area (Å²) >= 11 is 0. The first-order valence-electron chi connectivity index (χ1n) is 6.62. The fraction of sp³-hybridized carbons (Fsp3) is 0.188. The summed E-state index contributed by atoms with van der Waals surface area (Å²) in [6.45, 7) is 3.25. The standard InChI is InChI=1S/C16H17NO4S/c1-11-7-9-13(10-8-11)22(19,20)17-16-14(12(2)18)5-4-6-15(16)21-3/h4-10,17H,1-3H3. The number of benzene rings is 2. The quantitative estimate of drug-likeness (QED) is 0.860. The van der Waals surface area contributed by atoms with Gasteiger partial charge < -0.3 is 4.74 Å². The van der Waals surface area contributed by atoms with Gasteiger partial charge in [-0.15, -0.1) is 0 Å². The van der Waals surface area contributed by atoms with E-state index < -0.39 is 10.0 Å². The lowest BCUT2D eigenvalue weighted by molar-refractivity contribution is 0.101. The third-order valence-corrected chi connectivity index (χ3v) is 4.56. The van der Waals surface area contributed by atoms with Crippen LogP contribution in [0.1, 0.15) is 22.8 Å². The summed E-state index contributed by atoms with van der Waals surface area (Å²) in [6, 6.07) is 11.2. The number of ether oxygens (including phenoxy) is 1. The van der Waals surface area contributed by atoms with Crippen LogP contribution in [-0.2, 0) is 10.0 Å². The average molecular weight is 319 g/mol. The number of ketones is 1. The van der Waals surface area contributed by atoms with Crippen molar-refractivity contribution >= 4 is 21.5 Å². The molecule has 0 saturated heterocycles. The van der Waals surface area contributed by atoms with Gasteiger partial charge in [0.1, 0.15) is 11.4 Å². The second-order valence-corrected chi connectivity index (χ2v) is 6.54. The highest BCUT2D eigenvalue weighted by Crippen LogP contribution is 2.31. The van der Waals surface area contributed by atoms with E-state index in [1.807, 2.05) is 6.92 Å². The van der Waals surface area contributed by atoms with Crippen molar-refractivity contribution in [3.8, 4) is 5.75 Å². The van der Waals surface area contributed by atoms with Crippen molar-refractivity contribution in [2.24, 2.45) is 0 Å². The number of hydrogen-bond acceptors (Lipinski definition) is 4. The highest BCUT2D eigenvalue weighted by molar-refractivity contribution is 7.92. The monoisotopic (exact) mass is 319 g/mol. The Balaban J connectivity index is 2.49. The Morgan fingerprint density at radius 2 is 1.73 bits per heavy atom. The van der Waals surface area contributed by atoms with Gasteiger partial charge in [-0.3, -0.25) is 9.52 Å². The molecular weight excluding hydrogens is 302 g/mol. The Morgan fingerprint density at radius 3 is 2.27 bits per heavy atom. The first kappa shape index (κ1) is 16.0. The summed E-state index contributed by atoms with van der Waals surface area (Å²) in [5.41, 5.74) is 1.37. The Hall–Kier alpha value is -2.34. The zero-order chi connectivity index (χ0) is 16.3. The number of carbonyl (C=O) groups is 1. The van der Waals surface area contributed by atoms with Crippen LogP contribution >= 0.6 is 0 Å². The van der Waals surface area contributed by atoms with Gasteiger partial charge in [-0.2, -0.15) is 0 Å². The van der Waals surface area contributed by atoms with E-state index in [0.717, 1.165) is 5.56 Å². The van der Waals surface area contributed by atoms with Crippen molar-refractivity contribution in [2.75, 3.05) is 11.8 Å². The van der Waals surface area contributed by atoms with E-state index in [4.69, 9.17) is 4.74 Å². The molecule has 0 aliphatic carbocycles. The molecule has 0 aliphatic rings. The van der Waals surface area contributed by atoms with E-state index in [2.05, 4.69) is 4.72 Å². The van der Waals surface area contributed by atoms with Gasteiger partial charge in [-0.05, 0) is 38.1 Å². The topological polar surface area (TPSA) is 72.5 Å². The number of methoxy groups -OCH3 is 1. The molecule has 0 bridgehead atoms. The predicted octanol–water partition coefficient (Wildman–Crippen LogP) is 3.01. The van der Waals surface area contributed by atoms with Crippen LogP contribution in [0.2, 0.25) is 0 Å². The van der Waals surface area contributed by atoms with Gasteiger partial charge in [0, 0.05) is 5.56 Å². The maximum atomic E-state index is 12.5. The minimum atomic E-state index is -3.80.